The molecule has 0 spiro atoms. The molecule has 1 N–H and O–H groups in total. The molecule has 0 aliphatic rings. The Hall–Kier alpha value is -2.39. The van der Waals surface area contributed by atoms with Crippen molar-refractivity contribution in [2.75, 3.05) is 0 Å². The van der Waals surface area contributed by atoms with Crippen LogP contribution in [0.2, 0.25) is 5.02 Å². The molecule has 0 saturated heterocycles. The fraction of sp³-hybridized carbons (Fsp3) is 0.286. The highest BCUT2D eigenvalue weighted by atomic mass is 35.5. The number of carbonyl (C=O) groups is 1. The minimum Gasteiger partial charge on any atom is -0.478 e. The predicted molar refractivity (Wildman–Crippen MR) is 76.7 cm³/mol. The monoisotopic (exact) mass is 304 g/mol. The molecule has 108 valence electrons. The van der Waals surface area contributed by atoms with Crippen LogP contribution in [0, 0.1) is 11.3 Å². The molecular formula is C14H13ClN4O2. The third kappa shape index (κ3) is 2.73. The molecule has 2 rings (SSSR count). The van der Waals surface area contributed by atoms with E-state index in [0.29, 0.717) is 11.4 Å². The first kappa shape index (κ1) is 15.0. The first-order chi connectivity index (χ1) is 9.75. The van der Waals surface area contributed by atoms with Crippen LogP contribution in [0.5, 0.6) is 0 Å². The summed E-state index contributed by atoms with van der Waals surface area (Å²) in [6.45, 7) is 5.78. The van der Waals surface area contributed by atoms with Crippen molar-refractivity contribution >= 4 is 17.6 Å². The van der Waals surface area contributed by atoms with Gasteiger partial charge >= 0.3 is 5.97 Å². The first-order valence-corrected chi connectivity index (χ1v) is 6.53. The molecule has 0 aliphatic heterocycles. The lowest BCUT2D eigenvalue weighted by molar-refractivity contribution is 0.0697. The fourth-order valence-corrected chi connectivity index (χ4v) is 2.22. The number of halogens is 1. The molecule has 2 aromatic rings. The third-order valence-electron chi connectivity index (χ3n) is 2.91. The van der Waals surface area contributed by atoms with Crippen LogP contribution in [-0.2, 0) is 5.41 Å². The molecule has 0 aliphatic carbocycles. The number of carboxylic acid groups (broad SMARTS) is 1. The van der Waals surface area contributed by atoms with Crippen molar-refractivity contribution < 1.29 is 9.90 Å². The van der Waals surface area contributed by atoms with Crippen molar-refractivity contribution in [1.29, 1.82) is 5.26 Å². The largest absolute Gasteiger partial charge is 0.478 e. The average Bonchev–Trinajstić information content (AvgIpc) is 2.82. The van der Waals surface area contributed by atoms with Gasteiger partial charge in [-0.1, -0.05) is 37.6 Å². The Morgan fingerprint density at radius 3 is 2.62 bits per heavy atom. The van der Waals surface area contributed by atoms with E-state index in [1.807, 2.05) is 26.8 Å². The number of hydrogen-bond acceptors (Lipinski definition) is 4. The Morgan fingerprint density at radius 1 is 1.43 bits per heavy atom. The van der Waals surface area contributed by atoms with Gasteiger partial charge in [-0.05, 0) is 18.2 Å². The SMILES string of the molecule is CC(C)(C)c1c(C#N)nnn1-c1ccc(Cl)c(C(=O)O)c1. The molecule has 1 aromatic heterocycles. The molecule has 0 bridgehead atoms. The summed E-state index contributed by atoms with van der Waals surface area (Å²) >= 11 is 5.86. The van der Waals surface area contributed by atoms with Crippen molar-refractivity contribution in [2.45, 2.75) is 26.2 Å². The van der Waals surface area contributed by atoms with Crippen LogP contribution in [0.1, 0.15) is 42.5 Å². The summed E-state index contributed by atoms with van der Waals surface area (Å²) in [5.74, 6) is -1.13. The summed E-state index contributed by atoms with van der Waals surface area (Å²) in [5.41, 5.74) is 0.925. The van der Waals surface area contributed by atoms with Gasteiger partial charge in [-0.15, -0.1) is 5.10 Å². The second-order valence-corrected chi connectivity index (χ2v) is 5.94. The topological polar surface area (TPSA) is 91.8 Å². The van der Waals surface area contributed by atoms with Crippen molar-refractivity contribution in [3.8, 4) is 11.8 Å². The van der Waals surface area contributed by atoms with E-state index in [1.54, 1.807) is 6.07 Å². The van der Waals surface area contributed by atoms with Gasteiger partial charge in [0.1, 0.15) is 6.07 Å². The molecule has 21 heavy (non-hydrogen) atoms. The third-order valence-corrected chi connectivity index (χ3v) is 3.24. The molecule has 0 unspecified atom stereocenters. The van der Waals surface area contributed by atoms with Crippen molar-refractivity contribution in [1.82, 2.24) is 15.0 Å². The van der Waals surface area contributed by atoms with Crippen molar-refractivity contribution in [3.63, 3.8) is 0 Å². The molecule has 0 saturated carbocycles. The second-order valence-electron chi connectivity index (χ2n) is 5.53. The Kier molecular flexibility index (Phi) is 3.71. The van der Waals surface area contributed by atoms with Crippen molar-refractivity contribution in [3.05, 3.63) is 40.2 Å². The highest BCUT2D eigenvalue weighted by Crippen LogP contribution is 2.28. The summed E-state index contributed by atoms with van der Waals surface area (Å²) in [6, 6.07) is 6.54. The number of nitriles is 1. The average molecular weight is 305 g/mol. The van der Waals surface area contributed by atoms with Gasteiger partial charge in [0, 0.05) is 5.41 Å². The quantitative estimate of drug-likeness (QED) is 0.921. The maximum Gasteiger partial charge on any atom is 0.337 e. The van der Waals surface area contributed by atoms with E-state index >= 15 is 0 Å². The standard InChI is InChI=1S/C14H13ClN4O2/c1-14(2,3)12-11(7-16)17-18-19(12)8-4-5-10(15)9(6-8)13(20)21/h4-6H,1-3H3,(H,20,21). The molecule has 0 radical (unpaired) electrons. The second kappa shape index (κ2) is 5.19. The minimum atomic E-state index is -1.13. The van der Waals surface area contributed by atoms with Crippen LogP contribution in [0.25, 0.3) is 5.69 Å². The number of benzene rings is 1. The van der Waals surface area contributed by atoms with Gasteiger partial charge < -0.3 is 5.11 Å². The highest BCUT2D eigenvalue weighted by Gasteiger charge is 2.26. The lowest BCUT2D eigenvalue weighted by Gasteiger charge is -2.20. The molecular weight excluding hydrogens is 292 g/mol. The highest BCUT2D eigenvalue weighted by molar-refractivity contribution is 6.33. The summed E-state index contributed by atoms with van der Waals surface area (Å²) in [5, 5.41) is 26.2. The zero-order valence-corrected chi connectivity index (χ0v) is 12.5. The van der Waals surface area contributed by atoms with Gasteiger partial charge in [-0.3, -0.25) is 0 Å². The minimum absolute atomic E-state index is 0.0250. The van der Waals surface area contributed by atoms with Crippen LogP contribution in [0.3, 0.4) is 0 Å². The maximum atomic E-state index is 11.2. The van der Waals surface area contributed by atoms with Crippen LogP contribution in [0.4, 0.5) is 0 Å². The first-order valence-electron chi connectivity index (χ1n) is 6.15. The van der Waals surface area contributed by atoms with E-state index in [9.17, 15) is 4.79 Å². The Labute approximate surface area is 126 Å². The van der Waals surface area contributed by atoms with E-state index in [-0.39, 0.29) is 21.7 Å². The lowest BCUT2D eigenvalue weighted by atomic mass is 9.90. The molecule has 6 nitrogen and oxygen atoms in total. The maximum absolute atomic E-state index is 11.2. The normalized spacial score (nSPS) is 11.2. The smallest absolute Gasteiger partial charge is 0.337 e. The predicted octanol–water partition coefficient (Wildman–Crippen LogP) is 2.79. The summed E-state index contributed by atoms with van der Waals surface area (Å²) in [7, 11) is 0. The number of carboxylic acids is 1. The zero-order chi connectivity index (χ0) is 15.8. The number of rotatable bonds is 2. The van der Waals surface area contributed by atoms with Crippen LogP contribution >= 0.6 is 11.6 Å². The molecule has 0 amide bonds. The lowest BCUT2D eigenvalue weighted by Crippen LogP contribution is -2.19. The van der Waals surface area contributed by atoms with E-state index < -0.39 is 5.97 Å². The number of hydrogen-bond donors (Lipinski definition) is 1. The summed E-state index contributed by atoms with van der Waals surface area (Å²) in [6.07, 6.45) is 0. The molecule has 0 atom stereocenters. The number of nitrogens with zero attached hydrogens (tertiary/aromatic N) is 4. The molecule has 1 aromatic carbocycles. The van der Waals surface area contributed by atoms with Gasteiger partial charge in [-0.25, -0.2) is 9.48 Å². The Bertz CT molecular complexity index is 753. The Morgan fingerprint density at radius 2 is 2.10 bits per heavy atom. The van der Waals surface area contributed by atoms with E-state index in [4.69, 9.17) is 22.0 Å². The van der Waals surface area contributed by atoms with Gasteiger partial charge in [0.05, 0.1) is 22.0 Å². The van der Waals surface area contributed by atoms with Crippen LogP contribution in [-0.4, -0.2) is 26.1 Å². The van der Waals surface area contributed by atoms with Crippen LogP contribution < -0.4 is 0 Å². The molecule has 7 heteroatoms. The summed E-state index contributed by atoms with van der Waals surface area (Å²) in [4.78, 5) is 11.2. The van der Waals surface area contributed by atoms with Crippen LogP contribution in [0.15, 0.2) is 18.2 Å². The van der Waals surface area contributed by atoms with Gasteiger partial charge in [-0.2, -0.15) is 5.26 Å². The number of aromatic nitrogens is 3. The number of aromatic carboxylic acids is 1. The summed E-state index contributed by atoms with van der Waals surface area (Å²) < 4.78 is 1.47. The van der Waals surface area contributed by atoms with E-state index in [1.165, 1.54) is 16.8 Å². The Balaban J connectivity index is 2.69. The molecule has 1 heterocycles. The van der Waals surface area contributed by atoms with E-state index in [0.717, 1.165) is 0 Å². The van der Waals surface area contributed by atoms with Gasteiger partial charge in [0.15, 0.2) is 5.69 Å². The zero-order valence-electron chi connectivity index (χ0n) is 11.8. The van der Waals surface area contributed by atoms with Gasteiger partial charge in [0.25, 0.3) is 0 Å². The fourth-order valence-electron chi connectivity index (χ4n) is 2.02. The van der Waals surface area contributed by atoms with Gasteiger partial charge in [0.2, 0.25) is 0 Å². The van der Waals surface area contributed by atoms with E-state index in [2.05, 4.69) is 10.3 Å². The van der Waals surface area contributed by atoms with Crippen molar-refractivity contribution in [2.24, 2.45) is 0 Å². The molecule has 0 fully saturated rings.